The van der Waals surface area contributed by atoms with Crippen molar-refractivity contribution >= 4 is 34.8 Å². The molecule has 2 bridgehead atoms. The van der Waals surface area contributed by atoms with E-state index in [-0.39, 0.29) is 34.1 Å². The molecule has 4 aliphatic rings. The van der Waals surface area contributed by atoms with Crippen LogP contribution in [0, 0.1) is 22.0 Å². The highest BCUT2D eigenvalue weighted by molar-refractivity contribution is 6.31. The zero-order valence-electron chi connectivity index (χ0n) is 17.7. The minimum absolute atomic E-state index is 0.0208. The summed E-state index contributed by atoms with van der Waals surface area (Å²) in [5.74, 6) is -2.28. The van der Waals surface area contributed by atoms with E-state index in [1.165, 1.54) is 18.2 Å². The van der Waals surface area contributed by atoms with E-state index in [9.17, 15) is 19.7 Å². The van der Waals surface area contributed by atoms with Crippen molar-refractivity contribution in [3.8, 4) is 0 Å². The molecule has 0 aromatic heterocycles. The molecule has 7 heteroatoms. The van der Waals surface area contributed by atoms with Gasteiger partial charge in [-0.1, -0.05) is 67.1 Å². The van der Waals surface area contributed by atoms with Crippen molar-refractivity contribution in [2.45, 2.75) is 24.7 Å². The van der Waals surface area contributed by atoms with Gasteiger partial charge >= 0.3 is 0 Å². The monoisotopic (exact) mass is 458 g/mol. The molecule has 0 N–H and O–H groups in total. The van der Waals surface area contributed by atoms with Gasteiger partial charge in [0.15, 0.2) is 0 Å². The lowest BCUT2D eigenvalue weighted by Gasteiger charge is -2.54. The second-order valence-corrected chi connectivity index (χ2v) is 9.32. The molecule has 1 saturated heterocycles. The summed E-state index contributed by atoms with van der Waals surface area (Å²) < 4.78 is 0. The number of hydrogen-bond acceptors (Lipinski definition) is 4. The number of rotatable bonds is 3. The van der Waals surface area contributed by atoms with Crippen LogP contribution in [0.5, 0.6) is 0 Å². The third-order valence-corrected chi connectivity index (χ3v) is 7.96. The maximum Gasteiger partial charge on any atom is 0.294 e. The van der Waals surface area contributed by atoms with Crippen molar-refractivity contribution in [1.82, 2.24) is 0 Å². The van der Waals surface area contributed by atoms with E-state index in [2.05, 4.69) is 12.1 Å². The second kappa shape index (κ2) is 6.75. The van der Waals surface area contributed by atoms with Crippen LogP contribution in [0.2, 0.25) is 5.02 Å². The Bertz CT molecular complexity index is 1340. The van der Waals surface area contributed by atoms with E-state index in [1.54, 1.807) is 0 Å². The summed E-state index contributed by atoms with van der Waals surface area (Å²) in [6, 6.07) is 20.1. The summed E-state index contributed by atoms with van der Waals surface area (Å²) in [6.45, 7) is 2.04. The third kappa shape index (κ3) is 2.34. The lowest BCUT2D eigenvalue weighted by Crippen LogP contribution is -2.53. The summed E-state index contributed by atoms with van der Waals surface area (Å²) in [6.07, 6.45) is 0.629. The molecule has 1 heterocycles. The Kier molecular flexibility index (Phi) is 4.11. The average molecular weight is 459 g/mol. The summed E-state index contributed by atoms with van der Waals surface area (Å²) in [5.41, 5.74) is 3.23. The molecule has 2 amide bonds. The zero-order chi connectivity index (χ0) is 23.1. The van der Waals surface area contributed by atoms with Gasteiger partial charge in [-0.2, -0.15) is 0 Å². The first-order valence-corrected chi connectivity index (χ1v) is 11.3. The van der Waals surface area contributed by atoms with E-state index in [4.69, 9.17) is 11.6 Å². The van der Waals surface area contributed by atoms with E-state index in [0.717, 1.165) is 27.2 Å². The van der Waals surface area contributed by atoms with Gasteiger partial charge in [0.1, 0.15) is 5.69 Å². The second-order valence-electron chi connectivity index (χ2n) is 8.88. The molecule has 2 atom stereocenters. The van der Waals surface area contributed by atoms with E-state index in [1.807, 2.05) is 43.3 Å². The van der Waals surface area contributed by atoms with E-state index >= 15 is 0 Å². The molecule has 1 aliphatic heterocycles. The smallest absolute Gasteiger partial charge is 0.274 e. The summed E-state index contributed by atoms with van der Waals surface area (Å²) >= 11 is 5.99. The number of amides is 2. The Morgan fingerprint density at radius 3 is 2.15 bits per heavy atom. The van der Waals surface area contributed by atoms with Gasteiger partial charge < -0.3 is 0 Å². The van der Waals surface area contributed by atoms with Gasteiger partial charge in [-0.15, -0.1) is 0 Å². The van der Waals surface area contributed by atoms with Crippen LogP contribution in [0.3, 0.4) is 0 Å². The quantitative estimate of drug-likeness (QED) is 0.306. The zero-order valence-corrected chi connectivity index (χ0v) is 18.5. The Labute approximate surface area is 194 Å². The number of benzene rings is 3. The minimum atomic E-state index is -0.671. The van der Waals surface area contributed by atoms with Crippen LogP contribution in [0.25, 0.3) is 0 Å². The van der Waals surface area contributed by atoms with Gasteiger partial charge in [-0.25, -0.2) is 4.90 Å². The molecule has 7 rings (SSSR count). The van der Waals surface area contributed by atoms with Crippen LogP contribution in [0.1, 0.15) is 41.5 Å². The van der Waals surface area contributed by atoms with Crippen LogP contribution >= 0.6 is 11.6 Å². The van der Waals surface area contributed by atoms with Crippen LogP contribution in [-0.4, -0.2) is 16.7 Å². The largest absolute Gasteiger partial charge is 0.294 e. The Balaban J connectivity index is 1.63. The number of nitro benzene ring substituents is 1. The number of carbonyl (C=O) groups excluding carboxylic acids is 2. The lowest BCUT2D eigenvalue weighted by molar-refractivity contribution is -0.384. The fourth-order valence-corrected chi connectivity index (χ4v) is 6.77. The van der Waals surface area contributed by atoms with Crippen molar-refractivity contribution in [3.63, 3.8) is 0 Å². The number of nitrogens with zero attached hydrogens (tertiary/aromatic N) is 2. The number of anilines is 1. The van der Waals surface area contributed by atoms with Crippen molar-refractivity contribution in [2.24, 2.45) is 11.8 Å². The van der Waals surface area contributed by atoms with Crippen molar-refractivity contribution in [1.29, 1.82) is 0 Å². The molecular weight excluding hydrogens is 440 g/mol. The first-order chi connectivity index (χ1) is 15.9. The highest BCUT2D eigenvalue weighted by Crippen LogP contribution is 2.65. The molecule has 3 aliphatic carbocycles. The highest BCUT2D eigenvalue weighted by Gasteiger charge is 2.67. The van der Waals surface area contributed by atoms with Gasteiger partial charge in [0, 0.05) is 22.4 Å². The van der Waals surface area contributed by atoms with Gasteiger partial charge in [-0.05, 0) is 40.8 Å². The number of imide groups is 1. The molecule has 2 unspecified atom stereocenters. The summed E-state index contributed by atoms with van der Waals surface area (Å²) in [4.78, 5) is 40.2. The molecule has 0 saturated carbocycles. The molecule has 0 spiro atoms. The molecule has 3 aromatic carbocycles. The Hall–Kier alpha value is -3.51. The molecule has 33 heavy (non-hydrogen) atoms. The summed E-state index contributed by atoms with van der Waals surface area (Å²) in [7, 11) is 0. The van der Waals surface area contributed by atoms with Gasteiger partial charge in [0.25, 0.3) is 5.69 Å². The molecular formula is C26H19ClN2O4. The van der Waals surface area contributed by atoms with Crippen LogP contribution in [-0.2, 0) is 15.0 Å². The van der Waals surface area contributed by atoms with Gasteiger partial charge in [-0.3, -0.25) is 19.7 Å². The third-order valence-electron chi connectivity index (χ3n) is 7.73. The highest BCUT2D eigenvalue weighted by atomic mass is 35.5. The summed E-state index contributed by atoms with van der Waals surface area (Å²) in [5, 5.41) is 11.9. The number of carbonyl (C=O) groups is 2. The van der Waals surface area contributed by atoms with Crippen LogP contribution in [0.4, 0.5) is 11.4 Å². The Morgan fingerprint density at radius 2 is 1.58 bits per heavy atom. The number of halogens is 1. The first-order valence-electron chi connectivity index (χ1n) is 10.9. The first kappa shape index (κ1) is 20.1. The fraction of sp³-hybridized carbons (Fsp3) is 0.231. The predicted octanol–water partition coefficient (Wildman–Crippen LogP) is 5.21. The SMILES string of the molecule is CCC12c3ccccc3C(c3ccccc31)C1C(=O)N(c3ccc(Cl)cc3[N+](=O)[O-])C(=O)C12. The van der Waals surface area contributed by atoms with E-state index < -0.39 is 22.2 Å². The molecule has 0 radical (unpaired) electrons. The van der Waals surface area contributed by atoms with Crippen LogP contribution < -0.4 is 4.90 Å². The maximum atomic E-state index is 14.0. The minimum Gasteiger partial charge on any atom is -0.274 e. The normalized spacial score (nSPS) is 26.7. The van der Waals surface area contributed by atoms with E-state index in [0.29, 0.717) is 6.42 Å². The topological polar surface area (TPSA) is 80.5 Å². The lowest BCUT2D eigenvalue weighted by atomic mass is 9.46. The number of nitro groups is 1. The van der Waals surface area contributed by atoms with Crippen molar-refractivity contribution in [3.05, 3.63) is 104 Å². The number of hydrogen-bond donors (Lipinski definition) is 0. The van der Waals surface area contributed by atoms with Crippen LogP contribution in [0.15, 0.2) is 66.7 Å². The maximum absolute atomic E-state index is 14.0. The molecule has 164 valence electrons. The predicted molar refractivity (Wildman–Crippen MR) is 123 cm³/mol. The standard InChI is InChI=1S/C26H19ClN2O4/c1-2-26-17-9-5-3-7-15(17)21(16-8-4-6-10-18(16)26)22-23(26)25(31)28(24(22)30)19-12-11-14(27)13-20(19)29(32)33/h3-13,21-23H,2H2,1H3. The molecule has 3 aromatic rings. The average Bonchev–Trinajstić information content (AvgIpc) is 3.10. The van der Waals surface area contributed by atoms with Gasteiger partial charge in [0.05, 0.1) is 16.8 Å². The molecule has 1 fully saturated rings. The fourth-order valence-electron chi connectivity index (χ4n) is 6.60. The van der Waals surface area contributed by atoms with Gasteiger partial charge in [0.2, 0.25) is 11.8 Å². The van der Waals surface area contributed by atoms with Crippen molar-refractivity contribution < 1.29 is 14.5 Å². The Morgan fingerprint density at radius 1 is 0.970 bits per heavy atom. The van der Waals surface area contributed by atoms with Crippen molar-refractivity contribution in [2.75, 3.05) is 4.90 Å². The molecule has 6 nitrogen and oxygen atoms in total.